The van der Waals surface area contributed by atoms with Gasteiger partial charge in [-0.3, -0.25) is 9.59 Å². The summed E-state index contributed by atoms with van der Waals surface area (Å²) < 4.78 is 0. The van der Waals surface area contributed by atoms with Crippen molar-refractivity contribution in [2.45, 2.75) is 0 Å². The minimum Gasteiger partial charge on any atom is -0.290 e. The number of rotatable bonds is 1. The van der Waals surface area contributed by atoms with Crippen LogP contribution in [0.4, 0.5) is 0 Å². The zero-order valence-electron chi connectivity index (χ0n) is 5.40. The molecule has 0 bridgehead atoms. The summed E-state index contributed by atoms with van der Waals surface area (Å²) in [4.78, 5) is 34.1. The number of carbonyl (C=O) groups is 2. The second-order valence-electron chi connectivity index (χ2n) is 1.83. The number of isocyanates is 1. The Labute approximate surface area is 61.9 Å². The van der Waals surface area contributed by atoms with Crippen molar-refractivity contribution in [3.05, 3.63) is 23.9 Å². The van der Waals surface area contributed by atoms with E-state index in [4.69, 9.17) is 0 Å². The Kier molecular flexibility index (Phi) is 1.90. The van der Waals surface area contributed by atoms with E-state index in [1.54, 1.807) is 0 Å². The van der Waals surface area contributed by atoms with Gasteiger partial charge in [0.1, 0.15) is 5.70 Å². The molecule has 0 spiro atoms. The van der Waals surface area contributed by atoms with Crippen molar-refractivity contribution in [2.75, 3.05) is 0 Å². The lowest BCUT2D eigenvalue weighted by Crippen LogP contribution is -2.05. The van der Waals surface area contributed by atoms with Gasteiger partial charge in [0.2, 0.25) is 11.9 Å². The third-order valence-corrected chi connectivity index (χ3v) is 1.10. The maximum Gasteiger partial charge on any atom is 0.240 e. The van der Waals surface area contributed by atoms with Crippen molar-refractivity contribution in [2.24, 2.45) is 4.99 Å². The molecule has 4 heteroatoms. The minimum absolute atomic E-state index is 0.160. The predicted octanol–water partition coefficient (Wildman–Crippen LogP) is -0.0859. The second kappa shape index (κ2) is 2.86. The van der Waals surface area contributed by atoms with Gasteiger partial charge in [0.15, 0.2) is 5.78 Å². The number of aliphatic imine (C=N–C) groups is 1. The first-order valence-electron chi connectivity index (χ1n) is 2.80. The van der Waals surface area contributed by atoms with Crippen molar-refractivity contribution in [1.82, 2.24) is 0 Å². The molecule has 54 valence electrons. The summed E-state index contributed by atoms with van der Waals surface area (Å²) in [5, 5.41) is 0. The van der Waals surface area contributed by atoms with Crippen LogP contribution < -0.4 is 0 Å². The van der Waals surface area contributed by atoms with Crippen molar-refractivity contribution in [3.63, 3.8) is 0 Å². The van der Waals surface area contributed by atoms with Gasteiger partial charge in [0.25, 0.3) is 0 Å². The van der Waals surface area contributed by atoms with Gasteiger partial charge in [-0.15, -0.1) is 0 Å². The number of hydrogen-bond acceptors (Lipinski definition) is 4. The third-order valence-electron chi connectivity index (χ3n) is 1.10. The van der Waals surface area contributed by atoms with Crippen LogP contribution in [0.25, 0.3) is 0 Å². The second-order valence-corrected chi connectivity index (χ2v) is 1.83. The first kappa shape index (κ1) is 7.31. The van der Waals surface area contributed by atoms with E-state index in [1.807, 2.05) is 0 Å². The Hall–Kier alpha value is -1.80. The summed E-state index contributed by atoms with van der Waals surface area (Å²) in [5.74, 6) is -0.799. The fourth-order valence-corrected chi connectivity index (χ4v) is 0.634. The van der Waals surface area contributed by atoms with Crippen LogP contribution in [0.5, 0.6) is 0 Å². The Morgan fingerprint density at radius 1 is 1.27 bits per heavy atom. The van der Waals surface area contributed by atoms with Crippen LogP contribution in [0.15, 0.2) is 28.9 Å². The van der Waals surface area contributed by atoms with Gasteiger partial charge in [0.05, 0.1) is 0 Å². The molecule has 0 saturated carbocycles. The lowest BCUT2D eigenvalue weighted by Gasteiger charge is -1.96. The molecule has 0 aliphatic heterocycles. The highest BCUT2D eigenvalue weighted by Gasteiger charge is 2.11. The molecule has 0 aromatic carbocycles. The minimum atomic E-state index is -0.451. The van der Waals surface area contributed by atoms with Crippen molar-refractivity contribution in [1.29, 1.82) is 0 Å². The first-order chi connectivity index (χ1) is 5.24. The number of allylic oxidation sites excluding steroid dienone is 3. The maximum atomic E-state index is 10.7. The molecule has 0 amide bonds. The molecule has 0 radical (unpaired) electrons. The van der Waals surface area contributed by atoms with E-state index in [-0.39, 0.29) is 11.5 Å². The standard InChI is InChI=1S/C7H3NO3/c9-4-8-6-3-5(10)1-2-7(6)11/h1-3H. The summed E-state index contributed by atoms with van der Waals surface area (Å²) >= 11 is 0. The summed E-state index contributed by atoms with van der Waals surface area (Å²) in [6.45, 7) is 0. The lowest BCUT2D eigenvalue weighted by atomic mass is 10.1. The van der Waals surface area contributed by atoms with Gasteiger partial charge in [-0.25, -0.2) is 4.79 Å². The Balaban J connectivity index is 3.02. The average Bonchev–Trinajstić information content (AvgIpc) is 1.98. The zero-order chi connectivity index (χ0) is 8.27. The number of hydrogen-bond donors (Lipinski definition) is 0. The molecule has 0 aromatic heterocycles. The number of carbonyl (C=O) groups excluding carboxylic acids is 3. The van der Waals surface area contributed by atoms with Crippen molar-refractivity contribution < 1.29 is 14.4 Å². The number of nitrogens with zero attached hydrogens (tertiary/aromatic N) is 1. The van der Waals surface area contributed by atoms with Gasteiger partial charge >= 0.3 is 0 Å². The molecule has 0 fully saturated rings. The highest BCUT2D eigenvalue weighted by Crippen LogP contribution is 2.04. The van der Waals surface area contributed by atoms with Crippen LogP contribution in [0, 0.1) is 0 Å². The van der Waals surface area contributed by atoms with E-state index in [2.05, 4.69) is 4.99 Å². The molecule has 0 heterocycles. The van der Waals surface area contributed by atoms with Crippen LogP contribution in [0.2, 0.25) is 0 Å². The van der Waals surface area contributed by atoms with E-state index in [9.17, 15) is 14.4 Å². The molecule has 0 atom stereocenters. The van der Waals surface area contributed by atoms with E-state index in [1.165, 1.54) is 6.08 Å². The Bertz CT molecular complexity index is 319. The highest BCUT2D eigenvalue weighted by atomic mass is 16.1. The van der Waals surface area contributed by atoms with Gasteiger partial charge in [-0.1, -0.05) is 0 Å². The van der Waals surface area contributed by atoms with Gasteiger partial charge in [-0.2, -0.15) is 4.99 Å². The smallest absolute Gasteiger partial charge is 0.240 e. The van der Waals surface area contributed by atoms with Crippen LogP contribution in [-0.4, -0.2) is 17.6 Å². The topological polar surface area (TPSA) is 63.6 Å². The highest BCUT2D eigenvalue weighted by molar-refractivity contribution is 6.17. The molecule has 1 rings (SSSR count). The zero-order valence-corrected chi connectivity index (χ0v) is 5.40. The average molecular weight is 149 g/mol. The predicted molar refractivity (Wildman–Crippen MR) is 35.4 cm³/mol. The molecule has 1 aliphatic carbocycles. The van der Waals surface area contributed by atoms with E-state index in [0.717, 1.165) is 18.2 Å². The lowest BCUT2D eigenvalue weighted by molar-refractivity contribution is -0.114. The first-order valence-corrected chi connectivity index (χ1v) is 2.80. The number of ketones is 2. The molecular weight excluding hydrogens is 146 g/mol. The molecule has 11 heavy (non-hydrogen) atoms. The van der Waals surface area contributed by atoms with Gasteiger partial charge in [-0.05, 0) is 12.2 Å². The molecule has 4 nitrogen and oxygen atoms in total. The van der Waals surface area contributed by atoms with Crippen molar-refractivity contribution in [3.8, 4) is 0 Å². The Morgan fingerprint density at radius 2 is 2.00 bits per heavy atom. The third kappa shape index (κ3) is 1.56. The van der Waals surface area contributed by atoms with Crippen LogP contribution in [-0.2, 0) is 14.4 Å². The monoisotopic (exact) mass is 149 g/mol. The summed E-state index contributed by atoms with van der Waals surface area (Å²) in [6.07, 6.45) is 4.37. The SMILES string of the molecule is O=C=NC1=CC(=O)C=CC1=O. The fourth-order valence-electron chi connectivity index (χ4n) is 0.634. The fraction of sp³-hybridized carbons (Fsp3) is 0. The van der Waals surface area contributed by atoms with Crippen LogP contribution in [0.3, 0.4) is 0 Å². The van der Waals surface area contributed by atoms with E-state index < -0.39 is 5.78 Å². The Morgan fingerprint density at radius 3 is 2.64 bits per heavy atom. The summed E-state index contributed by atoms with van der Waals surface area (Å²) in [5.41, 5.74) is -0.160. The normalized spacial score (nSPS) is 15.8. The molecule has 0 saturated heterocycles. The van der Waals surface area contributed by atoms with E-state index in [0.29, 0.717) is 0 Å². The molecule has 0 N–H and O–H groups in total. The van der Waals surface area contributed by atoms with Gasteiger partial charge in [0, 0.05) is 6.08 Å². The van der Waals surface area contributed by atoms with Gasteiger partial charge < -0.3 is 0 Å². The van der Waals surface area contributed by atoms with Crippen LogP contribution >= 0.6 is 0 Å². The maximum absolute atomic E-state index is 10.7. The summed E-state index contributed by atoms with van der Waals surface area (Å²) in [6, 6.07) is 0. The summed E-state index contributed by atoms with van der Waals surface area (Å²) in [7, 11) is 0. The quantitative estimate of drug-likeness (QED) is 0.297. The van der Waals surface area contributed by atoms with Crippen LogP contribution in [0.1, 0.15) is 0 Å². The largest absolute Gasteiger partial charge is 0.290 e. The van der Waals surface area contributed by atoms with Crippen molar-refractivity contribution >= 4 is 17.6 Å². The molecule has 0 aromatic rings. The van der Waals surface area contributed by atoms with E-state index >= 15 is 0 Å². The molecule has 0 unspecified atom stereocenters. The molecule has 1 aliphatic rings. The molecular formula is C7H3NO3.